The summed E-state index contributed by atoms with van der Waals surface area (Å²) in [7, 11) is 12.3. The third-order valence-electron chi connectivity index (χ3n) is 29.7. The molecule has 9 aliphatic heterocycles. The molecule has 0 spiro atoms. The molecule has 145 heavy (non-hydrogen) atoms. The van der Waals surface area contributed by atoms with Crippen LogP contribution in [0.4, 0.5) is 0 Å². The summed E-state index contributed by atoms with van der Waals surface area (Å²) in [6, 6.07) is 17.2. The fraction of sp³-hybridized carbons (Fsp3) is 0.627. The van der Waals surface area contributed by atoms with Crippen LogP contribution in [0.5, 0.6) is 69.0 Å². The van der Waals surface area contributed by atoms with Crippen molar-refractivity contribution in [2.45, 2.75) is 316 Å². The largest absolute Gasteiger partial charge is 0.507 e. The lowest BCUT2D eigenvalue weighted by Crippen LogP contribution is -2.63. The number of carbonyl (C=O) groups is 3. The molecule has 6 aromatic rings. The molecule has 18 rings (SSSR count). The van der Waals surface area contributed by atoms with E-state index in [0.717, 1.165) is 35.1 Å². The average Bonchev–Trinajstić information content (AvgIpc) is 1.63. The predicted molar refractivity (Wildman–Crippen MR) is 501 cm³/mol. The molecule has 0 bridgehead atoms. The number of ketones is 2. The number of esters is 1. The van der Waals surface area contributed by atoms with Crippen LogP contribution in [0.2, 0.25) is 0 Å². The number of ether oxygens (including phenoxy) is 24. The first-order valence-corrected chi connectivity index (χ1v) is 48.6. The molecule has 43 nitrogen and oxygen atoms in total. The van der Waals surface area contributed by atoms with Crippen LogP contribution in [0.15, 0.2) is 65.5 Å². The van der Waals surface area contributed by atoms with Gasteiger partial charge in [-0.1, -0.05) is 6.07 Å². The molecular weight excluding hydrogens is 1910 g/mol. The fourth-order valence-electron chi connectivity index (χ4n) is 21.8. The van der Waals surface area contributed by atoms with Crippen molar-refractivity contribution in [3.8, 4) is 80.1 Å². The number of methoxy groups -OCH3 is 7. The van der Waals surface area contributed by atoms with Crippen molar-refractivity contribution in [3.63, 3.8) is 0 Å². The molecule has 9 heterocycles. The smallest absolute Gasteiger partial charge is 0.310 e. The van der Waals surface area contributed by atoms with E-state index in [0.29, 0.717) is 51.2 Å². The molecule has 12 aliphatic rings. The standard InChI is InChI=1S/C52H76O24.C29H32O13.C21H25NO5/c1-18-29(72-34-14-30(43(58)21(4)68-34)73-33-13-28(54)42(57)20(3)67-33)12-26-10-25-11-27(49(66-9)48(63)41(56)19(2)53)50(47(62)39(25)46(61)38(26)40(18)55)76-36-16-31(44(59)23(6)70-36)74-35-15-32(45(60)22(5)69-35)75-37-17-52(8,65)51(64)24(7)71-37;1-11-36-9-20-27(40-11)24(31)25(32)29(41-20)42-26-14-7-17-16(38-10-39-17)6-13(14)21(22-15(26)8-37-28(22)33)12-4-18(34-2)23(30)19(5-12)35-3;1-22-15-8-6-12-10-18(25-3)20(26-4)21(27-5)19(12)13-7-9-17(24-2)16(23)11-14(13)15/h10,12,19-24,27-28,30-37,41-45,49-51,53-61,64-65H,11,13-17H2,1-9H3;4-7,11,15,20-22,24-27,29-32H,8-10H2,1-3H3;7,9-11,15,22H,6,8H2,1-5H3/t19-,20-,21-,22-,23-,24-,27+,28-,30-,31-,32-,33+,34+,35+,36+,37+,41+,42-,43-,44-,45+,49+,50+,51-,52+;11-,15+,20-,21-,22+,24-,25-,26-,27-,29+;15-/m110/s1. The van der Waals surface area contributed by atoms with E-state index in [2.05, 4.69) is 5.32 Å². The normalized spacial score (nSPS) is 35.7. The molecular formula is C102H133NO42. The fourth-order valence-corrected chi connectivity index (χ4v) is 21.8. The number of phenolic OH excluding ortho intramolecular Hbond substituents is 3. The number of aliphatic hydroxyl groups excluding tert-OH is 10. The van der Waals surface area contributed by atoms with Crippen LogP contribution in [-0.2, 0) is 93.5 Å². The van der Waals surface area contributed by atoms with Gasteiger partial charge in [0.1, 0.15) is 90.5 Å². The number of aryl methyl sites for hydroxylation is 1. The van der Waals surface area contributed by atoms with Crippen LogP contribution in [0.1, 0.15) is 161 Å². The minimum atomic E-state index is -1.95. The summed E-state index contributed by atoms with van der Waals surface area (Å²) in [5.74, 6) is -3.03. The van der Waals surface area contributed by atoms with Crippen molar-refractivity contribution < 1.29 is 200 Å². The van der Waals surface area contributed by atoms with E-state index in [-0.39, 0.29) is 120 Å². The third kappa shape index (κ3) is 21.5. The minimum absolute atomic E-state index is 0.0268. The van der Waals surface area contributed by atoms with Crippen molar-refractivity contribution >= 4 is 28.3 Å². The van der Waals surface area contributed by atoms with Gasteiger partial charge < -0.3 is 190 Å². The molecule has 0 unspecified atom stereocenters. The maximum atomic E-state index is 15.0. The zero-order valence-corrected chi connectivity index (χ0v) is 83.5. The van der Waals surface area contributed by atoms with Gasteiger partial charge in [-0.25, -0.2) is 0 Å². The lowest BCUT2D eigenvalue weighted by atomic mass is 9.66. The SMILES string of the molecule is CN[C@H]1CCc2cc(OC)c(OC)c(OC)c2-c2ccc(OC)c(=O)cc21.CO[C@H](C(=O)[C@@H](O)[C@@H](C)O)[C@@H]1Cc2cc3cc(O[C@H]4C[C@@H](O[C@H]5C[C@@H](O)[C@H](O)[C@@H](C)O5)[C@H](O)[C@@H](C)O4)c(C)c(O)c3c(O)c2C(=O)[C@H]1O[C@H]1C[C@@H](O[C@H]2C[C@@H](O[C@H]3C[C@](C)(O)[C@H](O)[C@@H](C)O3)[C@@H](O)[C@@H](C)O2)[C@H](O)[C@@H](C)O1.COc1cc([C@@H]2c3cc4c(cc3[C@@H](O[C@@H]3O[C@@H]5CO[C@@H](C)O[C@H]5[C@H](O)[C@H]3O)[C@H]3COC(=O)[C@H]23)OCO4)cc(OC)c1O. The lowest BCUT2D eigenvalue weighted by molar-refractivity contribution is -0.364. The average molecular weight is 2050 g/mol. The van der Waals surface area contributed by atoms with Gasteiger partial charge >= 0.3 is 5.97 Å². The van der Waals surface area contributed by atoms with Crippen LogP contribution < -0.4 is 53.4 Å². The molecule has 43 heteroatoms. The van der Waals surface area contributed by atoms with Gasteiger partial charge in [-0.05, 0) is 188 Å². The summed E-state index contributed by atoms with van der Waals surface area (Å²) in [5.41, 5.74) is 4.22. The summed E-state index contributed by atoms with van der Waals surface area (Å²) in [6.45, 7) is 14.0. The van der Waals surface area contributed by atoms with Crippen molar-refractivity contribution in [1.82, 2.24) is 5.32 Å². The van der Waals surface area contributed by atoms with Gasteiger partial charge in [0.15, 0.2) is 89.6 Å². The Morgan fingerprint density at radius 3 is 1.70 bits per heavy atom. The Morgan fingerprint density at radius 2 is 1.12 bits per heavy atom. The first-order valence-electron chi connectivity index (χ1n) is 48.6. The van der Waals surface area contributed by atoms with Crippen molar-refractivity contribution in [3.05, 3.63) is 115 Å². The number of Topliss-reactive ketones (excluding diaryl/α,β-unsaturated/α-hetero) is 2. The molecule has 0 aromatic heterocycles. The van der Waals surface area contributed by atoms with Crippen LogP contribution in [0, 0.1) is 24.7 Å². The van der Waals surface area contributed by atoms with Gasteiger partial charge in [0.25, 0.3) is 0 Å². The zero-order valence-electron chi connectivity index (χ0n) is 83.5. The van der Waals surface area contributed by atoms with Crippen LogP contribution in [0.25, 0.3) is 21.9 Å². The minimum Gasteiger partial charge on any atom is -0.507 e. The number of phenols is 3. The molecule has 0 amide bonds. The molecule has 0 saturated carbocycles. The number of nitrogens with one attached hydrogen (secondary N) is 1. The maximum absolute atomic E-state index is 15.0. The van der Waals surface area contributed by atoms with E-state index in [1.54, 1.807) is 92.3 Å². The second-order valence-corrected chi connectivity index (χ2v) is 39.0. The van der Waals surface area contributed by atoms with Crippen LogP contribution in [0.3, 0.4) is 0 Å². The van der Waals surface area contributed by atoms with E-state index < -0.39 is 243 Å². The molecule has 8 saturated heterocycles. The van der Waals surface area contributed by atoms with Gasteiger partial charge in [-0.15, -0.1) is 0 Å². The van der Waals surface area contributed by atoms with Gasteiger partial charge in [0, 0.05) is 74.1 Å². The Hall–Kier alpha value is -9.38. The number of hydrogen-bond donors (Lipinski definition) is 15. The highest BCUT2D eigenvalue weighted by Crippen LogP contribution is 2.59. The monoisotopic (exact) mass is 2040 g/mol. The van der Waals surface area contributed by atoms with Crippen LogP contribution in [-0.4, -0.2) is 350 Å². The summed E-state index contributed by atoms with van der Waals surface area (Å²) in [6.07, 6.45) is -32.2. The van der Waals surface area contributed by atoms with Crippen LogP contribution >= 0.6 is 0 Å². The van der Waals surface area contributed by atoms with E-state index in [9.17, 15) is 85.9 Å². The molecule has 798 valence electrons. The van der Waals surface area contributed by atoms with E-state index >= 15 is 4.79 Å². The number of aromatic hydroxyl groups is 3. The zero-order chi connectivity index (χ0) is 104. The topological polar surface area (TPSA) is 585 Å². The highest BCUT2D eigenvalue weighted by molar-refractivity contribution is 6.11. The number of carbonyl (C=O) groups excluding carboxylic acids is 3. The second kappa shape index (κ2) is 44.8. The molecule has 0 radical (unpaired) electrons. The molecule has 3 aliphatic carbocycles. The Kier molecular flexibility index (Phi) is 33.5. The van der Waals surface area contributed by atoms with Crippen molar-refractivity contribution in [2.75, 3.05) is 76.8 Å². The summed E-state index contributed by atoms with van der Waals surface area (Å²) in [4.78, 5) is 54.9. The molecule has 6 aromatic carbocycles. The Labute approximate surface area is 835 Å². The molecule has 15 N–H and O–H groups in total. The maximum Gasteiger partial charge on any atom is 0.310 e. The number of fused-ring (bicyclic) bond motifs is 9. The van der Waals surface area contributed by atoms with E-state index in [1.165, 1.54) is 68.3 Å². The molecule has 36 atom stereocenters. The summed E-state index contributed by atoms with van der Waals surface area (Å²) >= 11 is 0. The quantitative estimate of drug-likeness (QED) is 0.0360. The first kappa shape index (κ1) is 108. The summed E-state index contributed by atoms with van der Waals surface area (Å²) < 4.78 is 140. The Balaban J connectivity index is 0.000000180. The number of aliphatic hydroxyl groups is 11. The van der Waals surface area contributed by atoms with E-state index in [1.807, 2.05) is 19.2 Å². The molecule has 8 fully saturated rings. The number of hydrogen-bond acceptors (Lipinski definition) is 43. The Bertz CT molecular complexity index is 5650. The lowest BCUT2D eigenvalue weighted by Gasteiger charge is -2.47. The Morgan fingerprint density at radius 1 is 0.538 bits per heavy atom. The summed E-state index contributed by atoms with van der Waals surface area (Å²) in [5, 5.41) is 156. The van der Waals surface area contributed by atoms with E-state index in [4.69, 9.17) is 114 Å². The van der Waals surface area contributed by atoms with Crippen molar-refractivity contribution in [2.24, 2.45) is 17.8 Å². The number of benzene rings is 5. The number of cyclic esters (lactones) is 1. The van der Waals surface area contributed by atoms with Crippen molar-refractivity contribution in [1.29, 1.82) is 0 Å². The number of rotatable bonds is 25. The van der Waals surface area contributed by atoms with Gasteiger partial charge in [-0.2, -0.15) is 0 Å². The third-order valence-corrected chi connectivity index (χ3v) is 29.7. The van der Waals surface area contributed by atoms with Gasteiger partial charge in [-0.3, -0.25) is 19.2 Å². The second-order valence-electron chi connectivity index (χ2n) is 39.0. The van der Waals surface area contributed by atoms with Gasteiger partial charge in [0.05, 0.1) is 145 Å². The first-order chi connectivity index (χ1) is 69.1. The highest BCUT2D eigenvalue weighted by Gasteiger charge is 2.59. The van der Waals surface area contributed by atoms with Gasteiger partial charge in [0.2, 0.25) is 30.0 Å². The predicted octanol–water partition coefficient (Wildman–Crippen LogP) is 4.04. The highest BCUT2D eigenvalue weighted by atomic mass is 16.8.